The summed E-state index contributed by atoms with van der Waals surface area (Å²) in [7, 11) is 0. The van der Waals surface area contributed by atoms with E-state index in [0.717, 1.165) is 12.5 Å². The van der Waals surface area contributed by atoms with Gasteiger partial charge in [-0.25, -0.2) is 0 Å². The Kier molecular flexibility index (Phi) is 4.74. The topological polar surface area (TPSA) is 12.4 Å². The smallest absolute Gasteiger partial charge is 0.0714 e. The van der Waals surface area contributed by atoms with Gasteiger partial charge in [0.2, 0.25) is 0 Å². The lowest BCUT2D eigenvalue weighted by Crippen LogP contribution is -1.95. The fourth-order valence-corrected chi connectivity index (χ4v) is 1.98. The quantitative estimate of drug-likeness (QED) is 0.639. The Balaban J connectivity index is 2.01. The summed E-state index contributed by atoms with van der Waals surface area (Å²) in [5.41, 5.74) is 0. The molecule has 0 aromatic carbocycles. The molecule has 0 aromatic heterocycles. The number of rotatable bonds is 5. The average Bonchev–Trinajstić information content (AvgIpc) is 2.57. The van der Waals surface area contributed by atoms with E-state index in [0.29, 0.717) is 0 Å². The molecule has 1 aliphatic rings. The molecule has 0 bridgehead atoms. The standard InChI is InChI=1S/C10H18NS/c1-3-9(2)5-4-6-10-11-7-8-12-10/h6,9H,3-5,7-8H2,1-2H3. The Labute approximate surface area is 80.0 Å². The molecular formula is C10H18NS. The fourth-order valence-electron chi connectivity index (χ4n) is 1.17. The largest absolute Gasteiger partial charge is 0.282 e. The highest BCUT2D eigenvalue weighted by atomic mass is 32.2. The first-order valence-corrected chi connectivity index (χ1v) is 5.82. The molecular weight excluding hydrogens is 166 g/mol. The van der Waals surface area contributed by atoms with E-state index in [1.54, 1.807) is 0 Å². The van der Waals surface area contributed by atoms with E-state index in [1.165, 1.54) is 30.1 Å². The van der Waals surface area contributed by atoms with Crippen LogP contribution in [0.25, 0.3) is 0 Å². The number of nitrogens with zero attached hydrogens (tertiary/aromatic N) is 1. The highest BCUT2D eigenvalue weighted by molar-refractivity contribution is 8.14. The first-order valence-electron chi connectivity index (χ1n) is 4.83. The summed E-state index contributed by atoms with van der Waals surface area (Å²) >= 11 is 1.90. The molecule has 0 saturated heterocycles. The SMILES string of the molecule is CCC(C)CC[CH]C1=NCCS1. The maximum absolute atomic E-state index is 4.38. The zero-order chi connectivity index (χ0) is 8.81. The maximum atomic E-state index is 4.38. The van der Waals surface area contributed by atoms with Gasteiger partial charge in [0.05, 0.1) is 5.04 Å². The van der Waals surface area contributed by atoms with Crippen molar-refractivity contribution in [2.75, 3.05) is 12.3 Å². The summed E-state index contributed by atoms with van der Waals surface area (Å²) in [6.45, 7) is 5.60. The van der Waals surface area contributed by atoms with Crippen molar-refractivity contribution in [1.29, 1.82) is 0 Å². The number of hydrogen-bond donors (Lipinski definition) is 0. The van der Waals surface area contributed by atoms with Gasteiger partial charge in [-0.3, -0.25) is 4.99 Å². The number of aliphatic imine (C=N–C) groups is 1. The van der Waals surface area contributed by atoms with E-state index in [2.05, 4.69) is 25.3 Å². The minimum absolute atomic E-state index is 0.869. The van der Waals surface area contributed by atoms with Crippen LogP contribution in [0.4, 0.5) is 0 Å². The monoisotopic (exact) mass is 184 g/mol. The maximum Gasteiger partial charge on any atom is 0.0714 e. The van der Waals surface area contributed by atoms with Crippen LogP contribution < -0.4 is 0 Å². The molecule has 0 fully saturated rings. The zero-order valence-electron chi connectivity index (χ0n) is 8.05. The second-order valence-corrected chi connectivity index (χ2v) is 4.48. The Morgan fingerprint density at radius 1 is 1.67 bits per heavy atom. The molecule has 0 aliphatic carbocycles. The predicted molar refractivity (Wildman–Crippen MR) is 57.7 cm³/mol. The van der Waals surface area contributed by atoms with E-state index in [1.807, 2.05) is 11.8 Å². The molecule has 2 heteroatoms. The number of thioether (sulfide) groups is 1. The van der Waals surface area contributed by atoms with Crippen molar-refractivity contribution in [3.05, 3.63) is 6.42 Å². The molecule has 1 rings (SSSR count). The van der Waals surface area contributed by atoms with Gasteiger partial charge < -0.3 is 0 Å². The Hall–Kier alpha value is 0.0200. The summed E-state index contributed by atoms with van der Waals surface area (Å²) in [5, 5.41) is 1.28. The van der Waals surface area contributed by atoms with Crippen molar-refractivity contribution in [3.63, 3.8) is 0 Å². The summed E-state index contributed by atoms with van der Waals surface area (Å²) in [5.74, 6) is 2.06. The van der Waals surface area contributed by atoms with Crippen LogP contribution in [-0.4, -0.2) is 17.3 Å². The molecule has 1 radical (unpaired) electrons. The zero-order valence-corrected chi connectivity index (χ0v) is 8.86. The van der Waals surface area contributed by atoms with E-state index < -0.39 is 0 Å². The molecule has 1 nitrogen and oxygen atoms in total. The Morgan fingerprint density at radius 2 is 2.50 bits per heavy atom. The average molecular weight is 184 g/mol. The third-order valence-electron chi connectivity index (χ3n) is 2.28. The van der Waals surface area contributed by atoms with E-state index >= 15 is 0 Å². The van der Waals surface area contributed by atoms with Crippen LogP contribution in [-0.2, 0) is 0 Å². The lowest BCUT2D eigenvalue weighted by atomic mass is 10.0. The third kappa shape index (κ3) is 3.61. The summed E-state index contributed by atoms with van der Waals surface area (Å²) in [4.78, 5) is 4.38. The Bertz CT molecular complexity index is 154. The third-order valence-corrected chi connectivity index (χ3v) is 3.26. The van der Waals surface area contributed by atoms with Gasteiger partial charge in [-0.1, -0.05) is 26.7 Å². The summed E-state index contributed by atoms with van der Waals surface area (Å²) in [6, 6.07) is 0. The van der Waals surface area contributed by atoms with E-state index in [4.69, 9.17) is 0 Å². The number of hydrogen-bond acceptors (Lipinski definition) is 2. The molecule has 1 heterocycles. The highest BCUT2D eigenvalue weighted by Gasteiger charge is 2.07. The van der Waals surface area contributed by atoms with Gasteiger partial charge in [0.1, 0.15) is 0 Å². The van der Waals surface area contributed by atoms with Crippen LogP contribution in [0, 0.1) is 12.3 Å². The van der Waals surface area contributed by atoms with Crippen LogP contribution in [0.15, 0.2) is 4.99 Å². The molecule has 0 aromatic rings. The van der Waals surface area contributed by atoms with Gasteiger partial charge in [0.15, 0.2) is 0 Å². The first-order chi connectivity index (χ1) is 5.83. The molecule has 0 N–H and O–H groups in total. The van der Waals surface area contributed by atoms with Crippen molar-refractivity contribution < 1.29 is 0 Å². The van der Waals surface area contributed by atoms with Crippen molar-refractivity contribution in [2.45, 2.75) is 33.1 Å². The van der Waals surface area contributed by atoms with Gasteiger partial charge in [-0.05, 0) is 12.3 Å². The predicted octanol–water partition coefficient (Wildman–Crippen LogP) is 3.16. The van der Waals surface area contributed by atoms with Crippen LogP contribution in [0.5, 0.6) is 0 Å². The van der Waals surface area contributed by atoms with Crippen molar-refractivity contribution in [3.8, 4) is 0 Å². The van der Waals surface area contributed by atoms with Crippen molar-refractivity contribution in [1.82, 2.24) is 0 Å². The van der Waals surface area contributed by atoms with Crippen LogP contribution in [0.3, 0.4) is 0 Å². The summed E-state index contributed by atoms with van der Waals surface area (Å²) in [6.07, 6.45) is 6.12. The van der Waals surface area contributed by atoms with Crippen LogP contribution in [0.2, 0.25) is 0 Å². The molecule has 0 amide bonds. The summed E-state index contributed by atoms with van der Waals surface area (Å²) < 4.78 is 0. The van der Waals surface area contributed by atoms with Gasteiger partial charge >= 0.3 is 0 Å². The minimum Gasteiger partial charge on any atom is -0.282 e. The lowest BCUT2D eigenvalue weighted by molar-refractivity contribution is 0.518. The van der Waals surface area contributed by atoms with Gasteiger partial charge in [-0.2, -0.15) is 0 Å². The van der Waals surface area contributed by atoms with Gasteiger partial charge in [0, 0.05) is 18.7 Å². The fraction of sp³-hybridized carbons (Fsp3) is 0.800. The van der Waals surface area contributed by atoms with Crippen LogP contribution in [0.1, 0.15) is 33.1 Å². The Morgan fingerprint density at radius 3 is 3.08 bits per heavy atom. The van der Waals surface area contributed by atoms with E-state index in [9.17, 15) is 0 Å². The van der Waals surface area contributed by atoms with Gasteiger partial charge in [0.25, 0.3) is 0 Å². The normalized spacial score (nSPS) is 19.3. The molecule has 1 unspecified atom stereocenters. The molecule has 12 heavy (non-hydrogen) atoms. The molecule has 0 spiro atoms. The van der Waals surface area contributed by atoms with Crippen LogP contribution >= 0.6 is 11.8 Å². The molecule has 0 saturated carbocycles. The first kappa shape index (κ1) is 10.1. The van der Waals surface area contributed by atoms with Crippen molar-refractivity contribution in [2.24, 2.45) is 10.9 Å². The minimum atomic E-state index is 0.869. The second-order valence-electron chi connectivity index (χ2n) is 3.36. The highest BCUT2D eigenvalue weighted by Crippen LogP contribution is 2.18. The van der Waals surface area contributed by atoms with Gasteiger partial charge in [-0.15, -0.1) is 11.8 Å². The molecule has 1 aliphatic heterocycles. The second kappa shape index (κ2) is 5.63. The van der Waals surface area contributed by atoms with Crippen molar-refractivity contribution >= 4 is 16.8 Å². The van der Waals surface area contributed by atoms with E-state index in [-0.39, 0.29) is 0 Å². The molecule has 1 atom stereocenters. The molecule has 69 valence electrons. The lowest BCUT2D eigenvalue weighted by Gasteiger charge is -2.06.